The smallest absolute Gasteiger partial charge is 0.305 e. The molecule has 1 aliphatic rings. The van der Waals surface area contributed by atoms with E-state index in [1.807, 2.05) is 13.1 Å². The maximum atomic E-state index is 11.0. The third-order valence-electron chi connectivity index (χ3n) is 3.10. The van der Waals surface area contributed by atoms with Crippen molar-refractivity contribution in [2.45, 2.75) is 31.7 Å². The number of rotatable bonds is 3. The number of hydrogen-bond acceptors (Lipinski definition) is 3. The topological polar surface area (TPSA) is 64.4 Å². The van der Waals surface area contributed by atoms with Crippen molar-refractivity contribution in [2.75, 3.05) is 13.2 Å². The van der Waals surface area contributed by atoms with E-state index in [9.17, 15) is 4.79 Å². The van der Waals surface area contributed by atoms with Crippen molar-refractivity contribution >= 4 is 5.97 Å². The van der Waals surface area contributed by atoms with Gasteiger partial charge in [0.2, 0.25) is 0 Å². The fraction of sp³-hybridized carbons (Fsp3) is 0.636. The molecule has 1 aromatic rings. The van der Waals surface area contributed by atoms with Crippen molar-refractivity contribution in [3.8, 4) is 0 Å². The van der Waals surface area contributed by atoms with Gasteiger partial charge in [-0.2, -0.15) is 5.10 Å². The number of aliphatic carboxylic acids is 1. The molecule has 0 spiro atoms. The van der Waals surface area contributed by atoms with Crippen molar-refractivity contribution in [3.05, 3.63) is 18.0 Å². The van der Waals surface area contributed by atoms with Gasteiger partial charge in [-0.05, 0) is 25.3 Å². The summed E-state index contributed by atoms with van der Waals surface area (Å²) in [6, 6.07) is 0. The van der Waals surface area contributed by atoms with Crippen molar-refractivity contribution in [3.63, 3.8) is 0 Å². The van der Waals surface area contributed by atoms with E-state index in [2.05, 4.69) is 5.10 Å². The largest absolute Gasteiger partial charge is 0.481 e. The number of carboxylic acids is 1. The lowest BCUT2D eigenvalue weighted by molar-refractivity contribution is -0.141. The summed E-state index contributed by atoms with van der Waals surface area (Å²) in [5, 5.41) is 13.3. The Morgan fingerprint density at radius 2 is 2.31 bits per heavy atom. The molecule has 0 saturated carbocycles. The molecule has 2 heterocycles. The van der Waals surface area contributed by atoms with Crippen molar-refractivity contribution in [1.29, 1.82) is 0 Å². The molecule has 88 valence electrons. The lowest BCUT2D eigenvalue weighted by Crippen LogP contribution is -2.41. The van der Waals surface area contributed by atoms with Gasteiger partial charge < -0.3 is 9.84 Å². The number of carboxylic acid groups (broad SMARTS) is 1. The summed E-state index contributed by atoms with van der Waals surface area (Å²) in [6.07, 6.45) is 5.20. The summed E-state index contributed by atoms with van der Waals surface area (Å²) in [7, 11) is 0. The second-order valence-corrected chi connectivity index (χ2v) is 4.37. The minimum Gasteiger partial charge on any atom is -0.481 e. The zero-order chi connectivity index (χ0) is 11.6. The third-order valence-corrected chi connectivity index (χ3v) is 3.10. The minimum absolute atomic E-state index is 0.109. The van der Waals surface area contributed by atoms with Gasteiger partial charge in [0.15, 0.2) is 0 Å². The Bertz CT molecular complexity index is 380. The number of nitrogens with zero attached hydrogens (tertiary/aromatic N) is 2. The molecule has 1 fully saturated rings. The standard InChI is InChI=1S/C11H16N2O3/c1-9-7-12-13(8-9)11(6-10(14)15)2-4-16-5-3-11/h7-8H,2-6H2,1H3,(H,14,15). The molecule has 1 aromatic heterocycles. The summed E-state index contributed by atoms with van der Waals surface area (Å²) in [5.41, 5.74) is 0.648. The molecule has 0 aromatic carbocycles. The van der Waals surface area contributed by atoms with Gasteiger partial charge in [-0.3, -0.25) is 9.48 Å². The van der Waals surface area contributed by atoms with E-state index in [-0.39, 0.29) is 6.42 Å². The average molecular weight is 224 g/mol. The molecule has 0 atom stereocenters. The Morgan fingerprint density at radius 3 is 2.81 bits per heavy atom. The normalized spacial score (nSPS) is 19.6. The second kappa shape index (κ2) is 4.25. The first-order valence-corrected chi connectivity index (χ1v) is 5.44. The van der Waals surface area contributed by atoms with Crippen LogP contribution in [0, 0.1) is 6.92 Å². The van der Waals surface area contributed by atoms with Gasteiger partial charge in [-0.15, -0.1) is 0 Å². The van der Waals surface area contributed by atoms with E-state index >= 15 is 0 Å². The van der Waals surface area contributed by atoms with Crippen LogP contribution in [0.25, 0.3) is 0 Å². The van der Waals surface area contributed by atoms with Crippen LogP contribution in [0.2, 0.25) is 0 Å². The number of carbonyl (C=O) groups is 1. The monoisotopic (exact) mass is 224 g/mol. The molecule has 16 heavy (non-hydrogen) atoms. The van der Waals surface area contributed by atoms with Crippen LogP contribution in [-0.2, 0) is 15.1 Å². The lowest BCUT2D eigenvalue weighted by Gasteiger charge is -2.36. The van der Waals surface area contributed by atoms with E-state index in [1.54, 1.807) is 10.9 Å². The zero-order valence-electron chi connectivity index (χ0n) is 9.35. The van der Waals surface area contributed by atoms with Gasteiger partial charge in [0.1, 0.15) is 0 Å². The summed E-state index contributed by atoms with van der Waals surface area (Å²) < 4.78 is 7.11. The summed E-state index contributed by atoms with van der Waals surface area (Å²) in [6.45, 7) is 3.16. The molecular formula is C11H16N2O3. The Labute approximate surface area is 94.0 Å². The van der Waals surface area contributed by atoms with E-state index in [0.29, 0.717) is 26.1 Å². The summed E-state index contributed by atoms with van der Waals surface area (Å²) in [4.78, 5) is 11.0. The molecule has 0 bridgehead atoms. The Morgan fingerprint density at radius 1 is 1.62 bits per heavy atom. The fourth-order valence-corrected chi connectivity index (χ4v) is 2.19. The van der Waals surface area contributed by atoms with Crippen molar-refractivity contribution in [1.82, 2.24) is 9.78 Å². The van der Waals surface area contributed by atoms with Crippen LogP contribution >= 0.6 is 0 Å². The number of ether oxygens (including phenoxy) is 1. The molecule has 1 aliphatic heterocycles. The van der Waals surface area contributed by atoms with Gasteiger partial charge in [0.05, 0.1) is 18.2 Å². The quantitative estimate of drug-likeness (QED) is 0.837. The minimum atomic E-state index is -0.782. The number of aromatic nitrogens is 2. The van der Waals surface area contributed by atoms with Crippen LogP contribution in [0.4, 0.5) is 0 Å². The predicted molar refractivity (Wildman–Crippen MR) is 57.2 cm³/mol. The third kappa shape index (κ3) is 2.09. The molecule has 5 nitrogen and oxygen atoms in total. The molecule has 2 rings (SSSR count). The summed E-state index contributed by atoms with van der Waals surface area (Å²) >= 11 is 0. The average Bonchev–Trinajstić information content (AvgIpc) is 2.66. The van der Waals surface area contributed by atoms with E-state index in [0.717, 1.165) is 5.56 Å². The maximum Gasteiger partial charge on any atom is 0.305 e. The van der Waals surface area contributed by atoms with Crippen LogP contribution in [-0.4, -0.2) is 34.1 Å². The second-order valence-electron chi connectivity index (χ2n) is 4.37. The molecular weight excluding hydrogens is 208 g/mol. The van der Waals surface area contributed by atoms with Crippen LogP contribution in [0.5, 0.6) is 0 Å². The summed E-state index contributed by atoms with van der Waals surface area (Å²) in [5.74, 6) is -0.782. The lowest BCUT2D eigenvalue weighted by atomic mass is 9.87. The molecule has 0 radical (unpaired) electrons. The first-order chi connectivity index (χ1) is 7.62. The van der Waals surface area contributed by atoms with Gasteiger partial charge >= 0.3 is 5.97 Å². The van der Waals surface area contributed by atoms with Crippen LogP contribution < -0.4 is 0 Å². The maximum absolute atomic E-state index is 11.0. The highest BCUT2D eigenvalue weighted by atomic mass is 16.5. The highest BCUT2D eigenvalue weighted by Crippen LogP contribution is 2.32. The van der Waals surface area contributed by atoms with E-state index in [4.69, 9.17) is 9.84 Å². The molecule has 1 N–H and O–H groups in total. The van der Waals surface area contributed by atoms with E-state index in [1.165, 1.54) is 0 Å². The van der Waals surface area contributed by atoms with Gasteiger partial charge in [0.25, 0.3) is 0 Å². The van der Waals surface area contributed by atoms with E-state index < -0.39 is 11.5 Å². The number of aryl methyl sites for hydroxylation is 1. The molecule has 1 saturated heterocycles. The first kappa shape index (κ1) is 11.1. The van der Waals surface area contributed by atoms with Gasteiger partial charge in [-0.1, -0.05) is 0 Å². The highest BCUT2D eigenvalue weighted by molar-refractivity contribution is 5.68. The number of hydrogen-bond donors (Lipinski definition) is 1. The molecule has 0 amide bonds. The Balaban J connectivity index is 2.29. The van der Waals surface area contributed by atoms with Crippen LogP contribution in [0.1, 0.15) is 24.8 Å². The zero-order valence-corrected chi connectivity index (χ0v) is 9.35. The predicted octanol–water partition coefficient (Wildman–Crippen LogP) is 1.17. The fourth-order valence-electron chi connectivity index (χ4n) is 2.19. The molecule has 0 aliphatic carbocycles. The van der Waals surface area contributed by atoms with Crippen molar-refractivity contribution in [2.24, 2.45) is 0 Å². The molecule has 5 heteroatoms. The Kier molecular flexibility index (Phi) is 2.96. The highest BCUT2D eigenvalue weighted by Gasteiger charge is 2.37. The Hall–Kier alpha value is -1.36. The van der Waals surface area contributed by atoms with Gasteiger partial charge in [0, 0.05) is 19.4 Å². The van der Waals surface area contributed by atoms with Gasteiger partial charge in [-0.25, -0.2) is 0 Å². The SMILES string of the molecule is Cc1cnn(C2(CC(=O)O)CCOCC2)c1. The van der Waals surface area contributed by atoms with Crippen molar-refractivity contribution < 1.29 is 14.6 Å². The first-order valence-electron chi connectivity index (χ1n) is 5.44. The van der Waals surface area contributed by atoms with Crippen LogP contribution in [0.3, 0.4) is 0 Å². The molecule has 0 unspecified atom stereocenters. The van der Waals surface area contributed by atoms with Crippen LogP contribution in [0.15, 0.2) is 12.4 Å².